The lowest BCUT2D eigenvalue weighted by Crippen LogP contribution is -2.37. The van der Waals surface area contributed by atoms with Crippen molar-refractivity contribution in [2.24, 2.45) is 0 Å². The number of piperidine rings is 1. The number of amides is 1. The molecule has 0 unspecified atom stereocenters. The second kappa shape index (κ2) is 10.2. The maximum absolute atomic E-state index is 12.5. The average Bonchev–Trinajstić information content (AvgIpc) is 2.90. The van der Waals surface area contributed by atoms with Crippen molar-refractivity contribution in [2.75, 3.05) is 54.5 Å². The SMILES string of the molecule is Cc1cc(NC(=O)c2ccccc2)ncc1-c1cc(N2CCOCC2)nc(N2CCCCC2)n1. The molecule has 2 aliphatic heterocycles. The summed E-state index contributed by atoms with van der Waals surface area (Å²) in [5.41, 5.74) is 3.38. The van der Waals surface area contributed by atoms with Crippen LogP contribution in [0, 0.1) is 6.92 Å². The number of anilines is 3. The summed E-state index contributed by atoms with van der Waals surface area (Å²) in [6, 6.07) is 13.1. The minimum atomic E-state index is -0.177. The Kier molecular flexibility index (Phi) is 6.67. The highest BCUT2D eigenvalue weighted by Gasteiger charge is 2.20. The Morgan fingerprint density at radius 1 is 0.941 bits per heavy atom. The van der Waals surface area contributed by atoms with Crippen LogP contribution in [0.2, 0.25) is 0 Å². The fourth-order valence-corrected chi connectivity index (χ4v) is 4.42. The summed E-state index contributed by atoms with van der Waals surface area (Å²) in [6.07, 6.45) is 5.38. The highest BCUT2D eigenvalue weighted by atomic mass is 16.5. The minimum Gasteiger partial charge on any atom is -0.378 e. The lowest BCUT2D eigenvalue weighted by atomic mass is 10.1. The number of carbonyl (C=O) groups excluding carboxylic acids is 1. The van der Waals surface area contributed by atoms with Crippen molar-refractivity contribution in [3.05, 3.63) is 59.8 Å². The number of hydrogen-bond donors (Lipinski definition) is 1. The predicted molar refractivity (Wildman–Crippen MR) is 133 cm³/mol. The molecule has 34 heavy (non-hydrogen) atoms. The maximum atomic E-state index is 12.5. The summed E-state index contributed by atoms with van der Waals surface area (Å²) in [4.78, 5) is 31.5. The van der Waals surface area contributed by atoms with Gasteiger partial charge in [0.25, 0.3) is 5.91 Å². The van der Waals surface area contributed by atoms with Crippen LogP contribution in [-0.4, -0.2) is 60.3 Å². The van der Waals surface area contributed by atoms with Gasteiger partial charge in [0.05, 0.1) is 18.9 Å². The van der Waals surface area contributed by atoms with Crippen LogP contribution in [0.15, 0.2) is 48.7 Å². The molecular formula is C26H30N6O2. The number of ether oxygens (including phenoxy) is 1. The quantitative estimate of drug-likeness (QED) is 0.620. The number of hydrogen-bond acceptors (Lipinski definition) is 7. The highest BCUT2D eigenvalue weighted by Crippen LogP contribution is 2.29. The predicted octanol–water partition coefficient (Wildman–Crippen LogP) is 3.93. The molecule has 1 N–H and O–H groups in total. The van der Waals surface area contributed by atoms with E-state index in [4.69, 9.17) is 14.7 Å². The highest BCUT2D eigenvalue weighted by molar-refractivity contribution is 6.03. The third-order valence-corrected chi connectivity index (χ3v) is 6.34. The van der Waals surface area contributed by atoms with Crippen molar-refractivity contribution >= 4 is 23.5 Å². The average molecular weight is 459 g/mol. The third kappa shape index (κ3) is 5.02. The van der Waals surface area contributed by atoms with Gasteiger partial charge in [-0.2, -0.15) is 4.98 Å². The minimum absolute atomic E-state index is 0.177. The first-order valence-corrected chi connectivity index (χ1v) is 12.0. The van der Waals surface area contributed by atoms with E-state index in [0.29, 0.717) is 24.6 Å². The molecule has 1 amide bonds. The van der Waals surface area contributed by atoms with Gasteiger partial charge in [-0.15, -0.1) is 0 Å². The molecule has 176 valence electrons. The number of rotatable bonds is 5. The zero-order valence-electron chi connectivity index (χ0n) is 19.5. The van der Waals surface area contributed by atoms with Gasteiger partial charge in [-0.1, -0.05) is 18.2 Å². The standard InChI is InChI=1S/C26H30N6O2/c1-19-16-23(29-25(33)20-8-4-2-5-9-20)27-18-21(19)22-17-24(31-12-14-34-15-13-31)30-26(28-22)32-10-6-3-7-11-32/h2,4-5,8-9,16-18H,3,6-7,10-15H2,1H3,(H,27,29,33). The van der Waals surface area contributed by atoms with E-state index < -0.39 is 0 Å². The molecule has 2 saturated heterocycles. The Hall–Kier alpha value is -3.52. The molecule has 0 radical (unpaired) electrons. The summed E-state index contributed by atoms with van der Waals surface area (Å²) < 4.78 is 5.54. The van der Waals surface area contributed by atoms with E-state index >= 15 is 0 Å². The van der Waals surface area contributed by atoms with Gasteiger partial charge in [-0.05, 0) is 49.9 Å². The van der Waals surface area contributed by atoms with Crippen molar-refractivity contribution in [1.82, 2.24) is 15.0 Å². The molecule has 2 aromatic heterocycles. The Labute approximate surface area is 200 Å². The maximum Gasteiger partial charge on any atom is 0.256 e. The monoisotopic (exact) mass is 458 g/mol. The summed E-state index contributed by atoms with van der Waals surface area (Å²) in [5, 5.41) is 2.89. The first-order chi connectivity index (χ1) is 16.7. The van der Waals surface area contributed by atoms with E-state index in [9.17, 15) is 4.79 Å². The van der Waals surface area contributed by atoms with E-state index in [1.165, 1.54) is 6.42 Å². The molecule has 2 fully saturated rings. The lowest BCUT2D eigenvalue weighted by Gasteiger charge is -2.31. The van der Waals surface area contributed by atoms with E-state index in [0.717, 1.165) is 67.6 Å². The molecule has 2 aliphatic rings. The number of benzene rings is 1. The molecule has 0 aliphatic carbocycles. The van der Waals surface area contributed by atoms with Crippen LogP contribution in [0.4, 0.5) is 17.6 Å². The normalized spacial score (nSPS) is 16.4. The number of aryl methyl sites for hydroxylation is 1. The molecule has 8 nitrogen and oxygen atoms in total. The van der Waals surface area contributed by atoms with Gasteiger partial charge in [0.2, 0.25) is 5.95 Å². The fourth-order valence-electron chi connectivity index (χ4n) is 4.42. The second-order valence-corrected chi connectivity index (χ2v) is 8.76. The van der Waals surface area contributed by atoms with Crippen molar-refractivity contribution in [3.8, 4) is 11.3 Å². The van der Waals surface area contributed by atoms with Gasteiger partial charge in [-0.25, -0.2) is 9.97 Å². The Morgan fingerprint density at radius 3 is 2.44 bits per heavy atom. The van der Waals surface area contributed by atoms with Gasteiger partial charge in [0, 0.05) is 49.6 Å². The summed E-state index contributed by atoms with van der Waals surface area (Å²) >= 11 is 0. The van der Waals surface area contributed by atoms with Gasteiger partial charge in [-0.3, -0.25) is 4.79 Å². The topological polar surface area (TPSA) is 83.5 Å². The number of nitrogens with one attached hydrogen (secondary N) is 1. The largest absolute Gasteiger partial charge is 0.378 e. The Bertz CT molecular complexity index is 1110. The number of pyridine rings is 1. The molecule has 8 heteroatoms. The zero-order valence-corrected chi connectivity index (χ0v) is 19.5. The van der Waals surface area contributed by atoms with E-state index in [-0.39, 0.29) is 5.91 Å². The van der Waals surface area contributed by atoms with Gasteiger partial charge >= 0.3 is 0 Å². The molecule has 0 bridgehead atoms. The van der Waals surface area contributed by atoms with Crippen LogP contribution in [0.5, 0.6) is 0 Å². The molecule has 0 saturated carbocycles. The van der Waals surface area contributed by atoms with Gasteiger partial charge in [0.15, 0.2) is 0 Å². The van der Waals surface area contributed by atoms with E-state index in [2.05, 4.69) is 20.1 Å². The lowest BCUT2D eigenvalue weighted by molar-refractivity contribution is 0.102. The van der Waals surface area contributed by atoms with Crippen molar-refractivity contribution in [2.45, 2.75) is 26.2 Å². The second-order valence-electron chi connectivity index (χ2n) is 8.76. The van der Waals surface area contributed by atoms with Crippen LogP contribution >= 0.6 is 0 Å². The fraction of sp³-hybridized carbons (Fsp3) is 0.385. The smallest absolute Gasteiger partial charge is 0.256 e. The van der Waals surface area contributed by atoms with Crippen molar-refractivity contribution in [3.63, 3.8) is 0 Å². The third-order valence-electron chi connectivity index (χ3n) is 6.34. The molecule has 1 aromatic carbocycles. The van der Waals surface area contributed by atoms with Crippen LogP contribution in [0.1, 0.15) is 35.2 Å². The summed E-state index contributed by atoms with van der Waals surface area (Å²) in [5.74, 6) is 2.05. The molecule has 0 atom stereocenters. The summed E-state index contributed by atoms with van der Waals surface area (Å²) in [6.45, 7) is 7.02. The molecule has 4 heterocycles. The first-order valence-electron chi connectivity index (χ1n) is 12.0. The van der Waals surface area contributed by atoms with Crippen molar-refractivity contribution < 1.29 is 9.53 Å². The molecule has 3 aromatic rings. The van der Waals surface area contributed by atoms with Gasteiger partial charge < -0.3 is 19.9 Å². The van der Waals surface area contributed by atoms with Crippen LogP contribution < -0.4 is 15.1 Å². The number of carbonyl (C=O) groups is 1. The van der Waals surface area contributed by atoms with Crippen LogP contribution in [0.25, 0.3) is 11.3 Å². The zero-order chi connectivity index (χ0) is 23.3. The Morgan fingerprint density at radius 2 is 1.71 bits per heavy atom. The van der Waals surface area contributed by atoms with Crippen LogP contribution in [-0.2, 0) is 4.74 Å². The number of morpholine rings is 1. The summed E-state index contributed by atoms with van der Waals surface area (Å²) in [7, 11) is 0. The van der Waals surface area contributed by atoms with Crippen LogP contribution in [0.3, 0.4) is 0 Å². The van der Waals surface area contributed by atoms with Gasteiger partial charge in [0.1, 0.15) is 11.6 Å². The van der Waals surface area contributed by atoms with E-state index in [1.54, 1.807) is 18.3 Å². The Balaban J connectivity index is 1.45. The first kappa shape index (κ1) is 22.3. The van der Waals surface area contributed by atoms with Crippen molar-refractivity contribution in [1.29, 1.82) is 0 Å². The molecule has 5 rings (SSSR count). The van der Waals surface area contributed by atoms with E-state index in [1.807, 2.05) is 37.3 Å². The molecule has 0 spiro atoms. The molecular weight excluding hydrogens is 428 g/mol. The number of nitrogens with zero attached hydrogens (tertiary/aromatic N) is 5. The number of aromatic nitrogens is 3.